The summed E-state index contributed by atoms with van der Waals surface area (Å²) >= 11 is 1.51. The number of carbonyl (C=O) groups excluding carboxylic acids is 2. The quantitative estimate of drug-likeness (QED) is 0.517. The Kier molecular flexibility index (Phi) is 4.44. The Labute approximate surface area is 175 Å². The molecule has 4 aromatic rings. The van der Waals surface area contributed by atoms with Crippen molar-refractivity contribution in [1.82, 2.24) is 14.8 Å². The molecule has 0 unspecified atom stereocenters. The number of nitrogens with two attached hydrogens (primary N) is 1. The fourth-order valence-electron chi connectivity index (χ4n) is 3.59. The first kappa shape index (κ1) is 18.3. The molecule has 3 N–H and O–H groups in total. The molecule has 2 aromatic heterocycles. The number of hydrogen-bond donors (Lipinski definition) is 2. The van der Waals surface area contributed by atoms with Gasteiger partial charge in [0.1, 0.15) is 11.6 Å². The Morgan fingerprint density at radius 2 is 2.13 bits per heavy atom. The average molecular weight is 419 g/mol. The minimum Gasteiger partial charge on any atom is -0.484 e. The number of hydrogen-bond acceptors (Lipinski definition) is 6. The molecule has 8 nitrogen and oxygen atoms in total. The van der Waals surface area contributed by atoms with Crippen LogP contribution >= 0.6 is 11.3 Å². The minimum absolute atomic E-state index is 0.0983. The number of para-hydroxylation sites is 1. The molecule has 0 saturated heterocycles. The third-order valence-electron chi connectivity index (χ3n) is 4.93. The molecule has 0 radical (unpaired) electrons. The Morgan fingerprint density at radius 1 is 1.27 bits per heavy atom. The first-order valence-electron chi connectivity index (χ1n) is 9.33. The fourth-order valence-corrected chi connectivity index (χ4v) is 4.52. The SMILES string of the molecule is NC(=O)COc1cccc([C@H]2CC(=O)Nc3c2cnn3-c2nc3ccccc3s2)c1. The van der Waals surface area contributed by atoms with E-state index in [4.69, 9.17) is 10.5 Å². The molecule has 1 aliphatic heterocycles. The van der Waals surface area contributed by atoms with E-state index in [0.717, 1.165) is 21.3 Å². The van der Waals surface area contributed by atoms with Gasteiger partial charge in [-0.05, 0) is 29.8 Å². The molecular formula is C21H17N5O3S. The lowest BCUT2D eigenvalue weighted by Gasteiger charge is -2.23. The minimum atomic E-state index is -0.545. The van der Waals surface area contributed by atoms with E-state index >= 15 is 0 Å². The number of nitrogens with one attached hydrogen (secondary N) is 1. The van der Waals surface area contributed by atoms with E-state index in [9.17, 15) is 9.59 Å². The smallest absolute Gasteiger partial charge is 0.255 e. The van der Waals surface area contributed by atoms with Crippen LogP contribution in [0, 0.1) is 0 Å². The molecule has 0 bridgehead atoms. The van der Waals surface area contributed by atoms with Crippen LogP contribution < -0.4 is 15.8 Å². The number of aromatic nitrogens is 3. The van der Waals surface area contributed by atoms with Gasteiger partial charge in [-0.3, -0.25) is 9.59 Å². The molecule has 0 fully saturated rings. The molecule has 5 rings (SSSR count). The summed E-state index contributed by atoms with van der Waals surface area (Å²) in [6, 6.07) is 15.2. The number of carbonyl (C=O) groups is 2. The number of benzene rings is 2. The summed E-state index contributed by atoms with van der Waals surface area (Å²) in [6.07, 6.45) is 2.06. The van der Waals surface area contributed by atoms with E-state index in [1.807, 2.05) is 42.5 Å². The summed E-state index contributed by atoms with van der Waals surface area (Å²) in [5, 5.41) is 8.15. The Balaban J connectivity index is 1.53. The van der Waals surface area contributed by atoms with Crippen molar-refractivity contribution in [2.75, 3.05) is 11.9 Å². The highest BCUT2D eigenvalue weighted by Crippen LogP contribution is 2.39. The number of anilines is 1. The zero-order valence-electron chi connectivity index (χ0n) is 15.7. The Hall–Kier alpha value is -3.72. The number of fused-ring (bicyclic) bond motifs is 2. The van der Waals surface area contributed by atoms with Gasteiger partial charge in [0.25, 0.3) is 5.91 Å². The predicted molar refractivity (Wildman–Crippen MR) is 113 cm³/mol. The largest absolute Gasteiger partial charge is 0.484 e. The van der Waals surface area contributed by atoms with Crippen molar-refractivity contribution in [2.45, 2.75) is 12.3 Å². The third kappa shape index (κ3) is 3.29. The standard InChI is InChI=1S/C21H17N5O3S/c22-18(27)11-29-13-5-3-4-12(8-13)14-9-19(28)25-20-15(14)10-23-26(20)21-24-16-6-1-2-7-17(16)30-21/h1-8,10,14H,9,11H2,(H2,22,27)(H,25,28)/t14-/m1/s1. The highest BCUT2D eigenvalue weighted by atomic mass is 32.1. The second kappa shape index (κ2) is 7.27. The van der Waals surface area contributed by atoms with E-state index in [1.165, 1.54) is 11.3 Å². The zero-order chi connectivity index (χ0) is 20.7. The highest BCUT2D eigenvalue weighted by Gasteiger charge is 2.31. The second-order valence-corrected chi connectivity index (χ2v) is 7.97. The lowest BCUT2D eigenvalue weighted by Crippen LogP contribution is -2.24. The van der Waals surface area contributed by atoms with E-state index < -0.39 is 5.91 Å². The maximum atomic E-state index is 12.5. The number of ether oxygens (including phenoxy) is 1. The van der Waals surface area contributed by atoms with E-state index in [1.54, 1.807) is 16.9 Å². The third-order valence-corrected chi connectivity index (χ3v) is 5.94. The topological polar surface area (TPSA) is 112 Å². The van der Waals surface area contributed by atoms with Crippen LogP contribution in [-0.2, 0) is 9.59 Å². The predicted octanol–water partition coefficient (Wildman–Crippen LogP) is 2.82. The molecule has 1 atom stereocenters. The number of rotatable bonds is 5. The summed E-state index contributed by atoms with van der Waals surface area (Å²) in [6.45, 7) is -0.199. The molecule has 1 aliphatic rings. The molecule has 0 spiro atoms. The maximum Gasteiger partial charge on any atom is 0.255 e. The van der Waals surface area contributed by atoms with Crippen LogP contribution in [0.3, 0.4) is 0 Å². The van der Waals surface area contributed by atoms with Gasteiger partial charge in [0.05, 0.1) is 16.4 Å². The summed E-state index contributed by atoms with van der Waals surface area (Å²) in [4.78, 5) is 28.1. The van der Waals surface area contributed by atoms with Gasteiger partial charge >= 0.3 is 0 Å². The van der Waals surface area contributed by atoms with E-state index in [-0.39, 0.29) is 24.9 Å². The highest BCUT2D eigenvalue weighted by molar-refractivity contribution is 7.20. The van der Waals surface area contributed by atoms with Gasteiger partial charge in [0.2, 0.25) is 11.0 Å². The van der Waals surface area contributed by atoms with Crippen molar-refractivity contribution < 1.29 is 14.3 Å². The molecule has 2 amide bonds. The second-order valence-electron chi connectivity index (χ2n) is 6.96. The first-order valence-corrected chi connectivity index (χ1v) is 10.1. The molecule has 30 heavy (non-hydrogen) atoms. The van der Waals surface area contributed by atoms with Crippen molar-refractivity contribution in [3.63, 3.8) is 0 Å². The summed E-state index contributed by atoms with van der Waals surface area (Å²) in [5.74, 6) is 0.320. The summed E-state index contributed by atoms with van der Waals surface area (Å²) < 4.78 is 8.15. The van der Waals surface area contributed by atoms with Crippen LogP contribution in [-0.4, -0.2) is 33.2 Å². The van der Waals surface area contributed by atoms with E-state index in [0.29, 0.717) is 16.7 Å². The number of amides is 2. The van der Waals surface area contributed by atoms with Crippen LogP contribution in [0.2, 0.25) is 0 Å². The van der Waals surface area contributed by atoms with Crippen molar-refractivity contribution in [3.05, 3.63) is 65.9 Å². The molecule has 150 valence electrons. The summed E-state index contributed by atoms with van der Waals surface area (Å²) in [7, 11) is 0. The molecule has 0 aliphatic carbocycles. The van der Waals surface area contributed by atoms with Gasteiger partial charge < -0.3 is 15.8 Å². The van der Waals surface area contributed by atoms with Gasteiger partial charge in [0.15, 0.2) is 6.61 Å². The van der Waals surface area contributed by atoms with E-state index in [2.05, 4.69) is 15.4 Å². The van der Waals surface area contributed by atoms with Crippen molar-refractivity contribution in [1.29, 1.82) is 0 Å². The molecular weight excluding hydrogens is 402 g/mol. The molecule has 3 heterocycles. The van der Waals surface area contributed by atoms with Gasteiger partial charge in [-0.25, -0.2) is 4.98 Å². The van der Waals surface area contributed by atoms with Crippen LogP contribution in [0.5, 0.6) is 5.75 Å². The number of nitrogens with zero attached hydrogens (tertiary/aromatic N) is 3. The van der Waals surface area contributed by atoms with Gasteiger partial charge in [0, 0.05) is 17.9 Å². The molecule has 2 aromatic carbocycles. The monoisotopic (exact) mass is 419 g/mol. The van der Waals surface area contributed by atoms with Gasteiger partial charge in [-0.15, -0.1) is 0 Å². The number of primary amides is 1. The Bertz CT molecular complexity index is 1250. The average Bonchev–Trinajstić information content (AvgIpc) is 3.35. The molecule has 9 heteroatoms. The van der Waals surface area contributed by atoms with Crippen LogP contribution in [0.15, 0.2) is 54.7 Å². The summed E-state index contributed by atoms with van der Waals surface area (Å²) in [5.41, 5.74) is 7.85. The van der Waals surface area contributed by atoms with Crippen molar-refractivity contribution in [3.8, 4) is 10.9 Å². The van der Waals surface area contributed by atoms with Crippen molar-refractivity contribution >= 4 is 39.2 Å². The van der Waals surface area contributed by atoms with Crippen molar-refractivity contribution in [2.24, 2.45) is 5.73 Å². The zero-order valence-corrected chi connectivity index (χ0v) is 16.6. The lowest BCUT2D eigenvalue weighted by molar-refractivity contribution is -0.120. The van der Waals surface area contributed by atoms with Gasteiger partial charge in [-0.2, -0.15) is 9.78 Å². The van der Waals surface area contributed by atoms with Gasteiger partial charge in [-0.1, -0.05) is 35.6 Å². The normalized spacial score (nSPS) is 15.6. The molecule has 0 saturated carbocycles. The fraction of sp³-hybridized carbons (Fsp3) is 0.143. The lowest BCUT2D eigenvalue weighted by atomic mass is 9.87. The maximum absolute atomic E-state index is 12.5. The van der Waals surface area contributed by atoms with Crippen LogP contribution in [0.25, 0.3) is 15.3 Å². The van der Waals surface area contributed by atoms with Crippen LogP contribution in [0.1, 0.15) is 23.5 Å². The van der Waals surface area contributed by atoms with Crippen LogP contribution in [0.4, 0.5) is 5.82 Å². The number of thiazole rings is 1. The Morgan fingerprint density at radius 3 is 2.97 bits per heavy atom. The first-order chi connectivity index (χ1) is 14.6.